The molecule has 0 spiro atoms. The van der Waals surface area contributed by atoms with E-state index in [1.165, 1.54) is 11.1 Å². The van der Waals surface area contributed by atoms with Crippen LogP contribution in [0, 0.1) is 0 Å². The van der Waals surface area contributed by atoms with E-state index < -0.39 is 0 Å². The maximum atomic E-state index is 9.32. The van der Waals surface area contributed by atoms with Crippen LogP contribution < -0.4 is 0 Å². The molecule has 0 aromatic heterocycles. The number of hydrogen-bond donors (Lipinski definition) is 1. The lowest BCUT2D eigenvalue weighted by molar-refractivity contribution is 0.0425. The van der Waals surface area contributed by atoms with Gasteiger partial charge >= 0.3 is 0 Å². The highest BCUT2D eigenvalue weighted by Crippen LogP contribution is 2.17. The molecule has 0 radical (unpaired) electrons. The molecule has 0 saturated carbocycles. The van der Waals surface area contributed by atoms with Gasteiger partial charge in [-0.3, -0.25) is 9.80 Å². The van der Waals surface area contributed by atoms with E-state index in [2.05, 4.69) is 67.0 Å². The first-order valence-corrected chi connectivity index (χ1v) is 8.41. The van der Waals surface area contributed by atoms with Crippen molar-refractivity contribution >= 4 is 6.08 Å². The molecule has 1 saturated heterocycles. The van der Waals surface area contributed by atoms with Crippen molar-refractivity contribution in [2.45, 2.75) is 39.3 Å². The zero-order valence-electron chi connectivity index (χ0n) is 14.2. The number of aliphatic hydroxyl groups excluding tert-OH is 1. The van der Waals surface area contributed by atoms with Gasteiger partial charge in [0.2, 0.25) is 0 Å². The van der Waals surface area contributed by atoms with Gasteiger partial charge in [0.25, 0.3) is 0 Å². The number of rotatable bonds is 6. The topological polar surface area (TPSA) is 26.7 Å². The van der Waals surface area contributed by atoms with Crippen molar-refractivity contribution in [3.05, 3.63) is 41.5 Å². The Labute approximate surface area is 135 Å². The summed E-state index contributed by atoms with van der Waals surface area (Å²) in [5.74, 6) is 0. The largest absolute Gasteiger partial charge is 0.396 e. The summed E-state index contributed by atoms with van der Waals surface area (Å²) >= 11 is 0. The van der Waals surface area contributed by atoms with Gasteiger partial charge in [0.15, 0.2) is 0 Å². The molecule has 1 aliphatic rings. The van der Waals surface area contributed by atoms with Crippen molar-refractivity contribution in [1.29, 1.82) is 0 Å². The molecule has 0 bridgehead atoms. The van der Waals surface area contributed by atoms with Crippen molar-refractivity contribution in [2.24, 2.45) is 0 Å². The first-order valence-electron chi connectivity index (χ1n) is 8.41. The highest BCUT2D eigenvalue weighted by Gasteiger charge is 2.27. The monoisotopic (exact) mass is 302 g/mol. The van der Waals surface area contributed by atoms with Crippen LogP contribution in [-0.2, 0) is 0 Å². The molecule has 0 amide bonds. The van der Waals surface area contributed by atoms with Crippen LogP contribution in [0.2, 0.25) is 0 Å². The Morgan fingerprint density at radius 2 is 2.00 bits per heavy atom. The summed E-state index contributed by atoms with van der Waals surface area (Å²) in [5, 5.41) is 9.32. The molecule has 1 aromatic carbocycles. The molecular formula is C19H30N2O. The Bertz CT molecular complexity index is 470. The smallest absolute Gasteiger partial charge is 0.0446 e. The summed E-state index contributed by atoms with van der Waals surface area (Å²) in [4.78, 5) is 5.05. The van der Waals surface area contributed by atoms with Crippen LogP contribution in [0.25, 0.3) is 6.08 Å². The maximum Gasteiger partial charge on any atom is 0.0446 e. The molecule has 1 fully saturated rings. The van der Waals surface area contributed by atoms with Crippen molar-refractivity contribution < 1.29 is 5.11 Å². The van der Waals surface area contributed by atoms with E-state index in [9.17, 15) is 5.11 Å². The Morgan fingerprint density at radius 3 is 2.64 bits per heavy atom. The maximum absolute atomic E-state index is 9.32. The first kappa shape index (κ1) is 17.2. The third kappa shape index (κ3) is 4.94. The highest BCUT2D eigenvalue weighted by atomic mass is 16.3. The average Bonchev–Trinajstić information content (AvgIpc) is 2.48. The van der Waals surface area contributed by atoms with Gasteiger partial charge in [0.1, 0.15) is 0 Å². The summed E-state index contributed by atoms with van der Waals surface area (Å²) in [6, 6.07) is 11.5. The van der Waals surface area contributed by atoms with E-state index in [0.717, 1.165) is 32.6 Å². The lowest BCUT2D eigenvalue weighted by Gasteiger charge is -2.43. The summed E-state index contributed by atoms with van der Waals surface area (Å²) in [5.41, 5.74) is 2.67. The fourth-order valence-corrected chi connectivity index (χ4v) is 3.40. The van der Waals surface area contributed by atoms with Gasteiger partial charge in [0.05, 0.1) is 0 Å². The zero-order valence-corrected chi connectivity index (χ0v) is 14.2. The predicted octanol–water partition coefficient (Wildman–Crippen LogP) is 2.87. The minimum atomic E-state index is 0.278. The zero-order chi connectivity index (χ0) is 15.9. The Balaban J connectivity index is 1.94. The number of aliphatic hydroxyl groups is 1. The van der Waals surface area contributed by atoms with Crippen LogP contribution in [-0.4, -0.2) is 59.8 Å². The van der Waals surface area contributed by atoms with E-state index >= 15 is 0 Å². The second kappa shape index (κ2) is 8.47. The second-order valence-corrected chi connectivity index (χ2v) is 6.63. The summed E-state index contributed by atoms with van der Waals surface area (Å²) < 4.78 is 0. The van der Waals surface area contributed by atoms with E-state index in [4.69, 9.17) is 0 Å². The molecule has 1 heterocycles. The summed E-state index contributed by atoms with van der Waals surface area (Å²) in [7, 11) is 0. The molecule has 3 nitrogen and oxygen atoms in total. The van der Waals surface area contributed by atoms with Crippen LogP contribution >= 0.6 is 0 Å². The van der Waals surface area contributed by atoms with Gasteiger partial charge in [-0.15, -0.1) is 0 Å². The second-order valence-electron chi connectivity index (χ2n) is 6.63. The third-order valence-corrected chi connectivity index (χ3v) is 4.42. The molecule has 22 heavy (non-hydrogen) atoms. The van der Waals surface area contributed by atoms with E-state index in [1.54, 1.807) is 0 Å². The number of nitrogens with zero attached hydrogens (tertiary/aromatic N) is 2. The van der Waals surface area contributed by atoms with E-state index in [1.807, 2.05) is 0 Å². The molecule has 0 aliphatic carbocycles. The average molecular weight is 302 g/mol. The number of benzene rings is 1. The lowest BCUT2D eigenvalue weighted by atomic mass is 10.1. The van der Waals surface area contributed by atoms with Gasteiger partial charge in [-0.05, 0) is 32.8 Å². The van der Waals surface area contributed by atoms with Crippen LogP contribution in [0.1, 0.15) is 32.8 Å². The van der Waals surface area contributed by atoms with Gasteiger partial charge in [-0.2, -0.15) is 0 Å². The van der Waals surface area contributed by atoms with Crippen LogP contribution in [0.15, 0.2) is 35.9 Å². The van der Waals surface area contributed by atoms with Crippen molar-refractivity contribution in [3.8, 4) is 0 Å². The molecule has 122 valence electrons. The first-order chi connectivity index (χ1) is 10.6. The fourth-order valence-electron chi connectivity index (χ4n) is 3.40. The van der Waals surface area contributed by atoms with E-state index in [-0.39, 0.29) is 6.61 Å². The standard InChI is InChI=1S/C19H30N2O/c1-16(2)21-11-10-20(15-19(21)9-12-22)14-17(3)13-18-7-5-4-6-8-18/h4-8,13,16,19,22H,9-12,14-15H2,1-3H3. The minimum absolute atomic E-state index is 0.278. The van der Waals surface area contributed by atoms with Gasteiger partial charge < -0.3 is 5.11 Å². The van der Waals surface area contributed by atoms with Crippen LogP contribution in [0.3, 0.4) is 0 Å². The summed E-state index contributed by atoms with van der Waals surface area (Å²) in [6.07, 6.45) is 3.14. The van der Waals surface area contributed by atoms with Gasteiger partial charge in [-0.1, -0.05) is 42.0 Å². The van der Waals surface area contributed by atoms with Crippen molar-refractivity contribution in [3.63, 3.8) is 0 Å². The van der Waals surface area contributed by atoms with Crippen LogP contribution in [0.4, 0.5) is 0 Å². The summed E-state index contributed by atoms with van der Waals surface area (Å²) in [6.45, 7) is 11.3. The quantitative estimate of drug-likeness (QED) is 0.875. The number of hydrogen-bond acceptors (Lipinski definition) is 3. The molecule has 1 unspecified atom stereocenters. The molecule has 1 aromatic rings. The van der Waals surface area contributed by atoms with Crippen molar-refractivity contribution in [1.82, 2.24) is 9.80 Å². The molecule has 1 aliphatic heterocycles. The number of piperazine rings is 1. The van der Waals surface area contributed by atoms with Gasteiger partial charge in [-0.25, -0.2) is 0 Å². The van der Waals surface area contributed by atoms with Gasteiger partial charge in [0, 0.05) is 44.9 Å². The lowest BCUT2D eigenvalue weighted by Crippen LogP contribution is -2.55. The molecule has 1 N–H and O–H groups in total. The SMILES string of the molecule is CC(=Cc1ccccc1)CN1CCN(C(C)C)C(CCO)C1. The minimum Gasteiger partial charge on any atom is -0.396 e. The predicted molar refractivity (Wildman–Crippen MR) is 93.9 cm³/mol. The molecule has 2 rings (SSSR count). The molecule has 1 atom stereocenters. The third-order valence-electron chi connectivity index (χ3n) is 4.42. The normalized spacial score (nSPS) is 21.5. The van der Waals surface area contributed by atoms with E-state index in [0.29, 0.717) is 12.1 Å². The van der Waals surface area contributed by atoms with Crippen molar-refractivity contribution in [2.75, 3.05) is 32.8 Å². The fraction of sp³-hybridized carbons (Fsp3) is 0.579. The Morgan fingerprint density at radius 1 is 1.27 bits per heavy atom. The highest BCUT2D eigenvalue weighted by molar-refractivity contribution is 5.52. The Hall–Kier alpha value is -1.16. The van der Waals surface area contributed by atoms with Crippen LogP contribution in [0.5, 0.6) is 0 Å². The molecule has 3 heteroatoms. The molecular weight excluding hydrogens is 272 g/mol. The Kier molecular flexibility index (Phi) is 6.62.